The van der Waals surface area contributed by atoms with Crippen molar-refractivity contribution in [2.24, 2.45) is 16.7 Å². The molecule has 0 aromatic rings. The Morgan fingerprint density at radius 2 is 1.29 bits per heavy atom. The number of hydrogen-bond acceptors (Lipinski definition) is 2. The van der Waals surface area contributed by atoms with Crippen LogP contribution in [-0.2, 0) is 0 Å². The van der Waals surface area contributed by atoms with Crippen molar-refractivity contribution in [2.45, 2.75) is 66.7 Å². The van der Waals surface area contributed by atoms with Crippen LogP contribution in [0.15, 0.2) is 0 Å². The van der Waals surface area contributed by atoms with Crippen molar-refractivity contribution in [1.82, 2.24) is 9.80 Å². The second-order valence-corrected chi connectivity index (χ2v) is 9.63. The predicted molar refractivity (Wildman–Crippen MR) is 92.7 cm³/mol. The van der Waals surface area contributed by atoms with Gasteiger partial charge in [-0.1, -0.05) is 34.6 Å². The number of piperidine rings is 1. The fourth-order valence-corrected chi connectivity index (χ4v) is 4.41. The lowest BCUT2D eigenvalue weighted by Gasteiger charge is -2.39. The molecule has 124 valence electrons. The van der Waals surface area contributed by atoms with Crippen LogP contribution < -0.4 is 0 Å². The topological polar surface area (TPSA) is 6.48 Å². The number of rotatable bonds is 5. The zero-order chi connectivity index (χ0) is 15.5. The van der Waals surface area contributed by atoms with E-state index in [-0.39, 0.29) is 0 Å². The molecule has 2 fully saturated rings. The summed E-state index contributed by atoms with van der Waals surface area (Å²) in [5.74, 6) is 0.957. The molecule has 0 saturated carbocycles. The predicted octanol–water partition coefficient (Wildman–Crippen LogP) is 4.26. The standard InChI is InChI=1S/C19H38N2/c1-18(2,3)15-21-12-8-17(9-13-21)14-19(4,5)16-20-10-6-7-11-20/h17H,6-16H2,1-5H3. The Morgan fingerprint density at radius 3 is 1.81 bits per heavy atom. The quantitative estimate of drug-likeness (QED) is 0.747. The average molecular weight is 295 g/mol. The molecule has 0 N–H and O–H groups in total. The molecule has 21 heavy (non-hydrogen) atoms. The van der Waals surface area contributed by atoms with Gasteiger partial charge in [-0.3, -0.25) is 0 Å². The summed E-state index contributed by atoms with van der Waals surface area (Å²) >= 11 is 0. The van der Waals surface area contributed by atoms with Gasteiger partial charge < -0.3 is 9.80 Å². The van der Waals surface area contributed by atoms with E-state index in [1.807, 2.05) is 0 Å². The Bertz CT molecular complexity index is 302. The van der Waals surface area contributed by atoms with E-state index in [1.54, 1.807) is 0 Å². The van der Waals surface area contributed by atoms with Crippen LogP contribution in [0.4, 0.5) is 0 Å². The van der Waals surface area contributed by atoms with E-state index < -0.39 is 0 Å². The van der Waals surface area contributed by atoms with Crippen LogP contribution in [0.5, 0.6) is 0 Å². The molecular weight excluding hydrogens is 256 g/mol. The Morgan fingerprint density at radius 1 is 0.762 bits per heavy atom. The van der Waals surface area contributed by atoms with Crippen LogP contribution in [0.2, 0.25) is 0 Å². The van der Waals surface area contributed by atoms with Gasteiger partial charge in [-0.2, -0.15) is 0 Å². The summed E-state index contributed by atoms with van der Waals surface area (Å²) in [6, 6.07) is 0. The van der Waals surface area contributed by atoms with Crippen molar-refractivity contribution in [2.75, 3.05) is 39.3 Å². The zero-order valence-corrected chi connectivity index (χ0v) is 15.2. The molecule has 2 aliphatic rings. The third-order valence-electron chi connectivity index (χ3n) is 5.10. The molecule has 0 radical (unpaired) electrons. The maximum absolute atomic E-state index is 2.69. The molecule has 0 aromatic heterocycles. The van der Waals surface area contributed by atoms with Gasteiger partial charge in [-0.25, -0.2) is 0 Å². The van der Waals surface area contributed by atoms with Crippen LogP contribution in [-0.4, -0.2) is 49.1 Å². The minimum absolute atomic E-state index is 0.446. The summed E-state index contributed by atoms with van der Waals surface area (Å²) < 4.78 is 0. The summed E-state index contributed by atoms with van der Waals surface area (Å²) in [4.78, 5) is 5.37. The summed E-state index contributed by atoms with van der Waals surface area (Å²) in [5, 5.41) is 0. The lowest BCUT2D eigenvalue weighted by Crippen LogP contribution is -2.41. The molecule has 2 aliphatic heterocycles. The van der Waals surface area contributed by atoms with Gasteiger partial charge in [-0.05, 0) is 75.0 Å². The second kappa shape index (κ2) is 7.00. The highest BCUT2D eigenvalue weighted by molar-refractivity contribution is 4.83. The van der Waals surface area contributed by atoms with E-state index in [0.717, 1.165) is 5.92 Å². The number of nitrogens with zero attached hydrogens (tertiary/aromatic N) is 2. The van der Waals surface area contributed by atoms with E-state index >= 15 is 0 Å². The highest BCUT2D eigenvalue weighted by Crippen LogP contribution is 2.33. The monoisotopic (exact) mass is 294 g/mol. The average Bonchev–Trinajstić information content (AvgIpc) is 2.81. The number of hydrogen-bond donors (Lipinski definition) is 0. The lowest BCUT2D eigenvalue weighted by molar-refractivity contribution is 0.102. The zero-order valence-electron chi connectivity index (χ0n) is 15.2. The van der Waals surface area contributed by atoms with Crippen LogP contribution >= 0.6 is 0 Å². The van der Waals surface area contributed by atoms with Gasteiger partial charge in [0.2, 0.25) is 0 Å². The minimum Gasteiger partial charge on any atom is -0.303 e. The van der Waals surface area contributed by atoms with Crippen molar-refractivity contribution in [3.8, 4) is 0 Å². The van der Waals surface area contributed by atoms with E-state index in [9.17, 15) is 0 Å². The van der Waals surface area contributed by atoms with Gasteiger partial charge in [0.25, 0.3) is 0 Å². The smallest absolute Gasteiger partial charge is 0.00328 e. The van der Waals surface area contributed by atoms with Gasteiger partial charge in [-0.15, -0.1) is 0 Å². The van der Waals surface area contributed by atoms with Gasteiger partial charge in [0.1, 0.15) is 0 Å². The maximum Gasteiger partial charge on any atom is 0.00328 e. The van der Waals surface area contributed by atoms with Gasteiger partial charge in [0.05, 0.1) is 0 Å². The van der Waals surface area contributed by atoms with Crippen molar-refractivity contribution in [3.05, 3.63) is 0 Å². The van der Waals surface area contributed by atoms with Crippen LogP contribution in [0.3, 0.4) is 0 Å². The minimum atomic E-state index is 0.446. The van der Waals surface area contributed by atoms with Crippen LogP contribution in [0, 0.1) is 16.7 Å². The van der Waals surface area contributed by atoms with Crippen LogP contribution in [0.25, 0.3) is 0 Å². The van der Waals surface area contributed by atoms with E-state index in [2.05, 4.69) is 44.4 Å². The molecule has 0 atom stereocenters. The molecule has 0 unspecified atom stereocenters. The fraction of sp³-hybridized carbons (Fsp3) is 1.00. The molecule has 0 bridgehead atoms. The number of likely N-dealkylation sites (tertiary alicyclic amines) is 2. The molecular formula is C19H38N2. The van der Waals surface area contributed by atoms with Crippen molar-refractivity contribution < 1.29 is 0 Å². The normalized spacial score (nSPS) is 23.9. The summed E-state index contributed by atoms with van der Waals surface area (Å²) in [6.45, 7) is 20.0. The Hall–Kier alpha value is -0.0800. The van der Waals surface area contributed by atoms with E-state index in [4.69, 9.17) is 0 Å². The largest absolute Gasteiger partial charge is 0.303 e. The fourth-order valence-electron chi connectivity index (χ4n) is 4.41. The Kier molecular flexibility index (Phi) is 5.76. The third-order valence-corrected chi connectivity index (χ3v) is 5.10. The van der Waals surface area contributed by atoms with E-state index in [1.165, 1.54) is 71.4 Å². The summed E-state index contributed by atoms with van der Waals surface area (Å²) in [7, 11) is 0. The first kappa shape index (κ1) is 17.3. The molecule has 0 aliphatic carbocycles. The molecule has 2 rings (SSSR count). The van der Waals surface area contributed by atoms with Gasteiger partial charge in [0.15, 0.2) is 0 Å². The molecule has 0 amide bonds. The molecule has 2 nitrogen and oxygen atoms in total. The van der Waals surface area contributed by atoms with E-state index in [0.29, 0.717) is 10.8 Å². The first-order valence-electron chi connectivity index (χ1n) is 9.18. The molecule has 2 heterocycles. The third kappa shape index (κ3) is 6.28. The first-order valence-corrected chi connectivity index (χ1v) is 9.18. The first-order chi connectivity index (χ1) is 9.73. The molecule has 2 saturated heterocycles. The molecule has 0 aromatic carbocycles. The summed E-state index contributed by atoms with van der Waals surface area (Å²) in [5.41, 5.74) is 0.947. The highest BCUT2D eigenvalue weighted by atomic mass is 15.1. The molecule has 2 heteroatoms. The van der Waals surface area contributed by atoms with Crippen molar-refractivity contribution in [1.29, 1.82) is 0 Å². The second-order valence-electron chi connectivity index (χ2n) is 9.63. The lowest BCUT2D eigenvalue weighted by atomic mass is 9.78. The van der Waals surface area contributed by atoms with Crippen molar-refractivity contribution in [3.63, 3.8) is 0 Å². The Balaban J connectivity index is 1.72. The van der Waals surface area contributed by atoms with Gasteiger partial charge >= 0.3 is 0 Å². The summed E-state index contributed by atoms with van der Waals surface area (Å²) in [6.07, 6.45) is 7.09. The highest BCUT2D eigenvalue weighted by Gasteiger charge is 2.30. The van der Waals surface area contributed by atoms with Crippen LogP contribution in [0.1, 0.15) is 66.7 Å². The Labute approximate surface area is 133 Å². The maximum atomic E-state index is 2.69. The molecule has 0 spiro atoms. The van der Waals surface area contributed by atoms with Gasteiger partial charge in [0, 0.05) is 13.1 Å². The van der Waals surface area contributed by atoms with Crippen molar-refractivity contribution >= 4 is 0 Å². The SMILES string of the molecule is CC(C)(C)CN1CCC(CC(C)(C)CN2CCCC2)CC1.